The predicted octanol–water partition coefficient (Wildman–Crippen LogP) is 1.58. The summed E-state index contributed by atoms with van der Waals surface area (Å²) in [6.45, 7) is 0. The van der Waals surface area contributed by atoms with Gasteiger partial charge in [-0.3, -0.25) is 4.21 Å². The van der Waals surface area contributed by atoms with E-state index in [0.717, 1.165) is 18.4 Å². The van der Waals surface area contributed by atoms with E-state index in [0.29, 0.717) is 0 Å². The maximum atomic E-state index is 12.8. The van der Waals surface area contributed by atoms with Crippen LogP contribution in [0.2, 0.25) is 0 Å². The van der Waals surface area contributed by atoms with Crippen LogP contribution in [0.4, 0.5) is 18.9 Å². The summed E-state index contributed by atoms with van der Waals surface area (Å²) in [6.07, 6.45) is -3.61. The normalized spacial score (nSPS) is 14.2. The Bertz CT molecular complexity index is 612. The van der Waals surface area contributed by atoms with Gasteiger partial charge in [0.05, 0.1) is 11.3 Å². The second kappa shape index (κ2) is 6.13. The van der Waals surface area contributed by atoms with Crippen LogP contribution in [0.1, 0.15) is 11.1 Å². The summed E-state index contributed by atoms with van der Waals surface area (Å²) in [5.74, 6) is -0.874. The molecule has 0 aliphatic heterocycles. The minimum Gasteiger partial charge on any atom is -0.399 e. The molecule has 0 bridgehead atoms. The smallest absolute Gasteiger partial charge is 0.399 e. The van der Waals surface area contributed by atoms with Crippen LogP contribution in [0.3, 0.4) is 0 Å². The average molecular weight is 329 g/mol. The van der Waals surface area contributed by atoms with Crippen molar-refractivity contribution in [3.8, 4) is 0 Å². The van der Waals surface area contributed by atoms with Crippen molar-refractivity contribution in [2.45, 2.75) is 11.9 Å². The summed E-state index contributed by atoms with van der Waals surface area (Å²) < 4.78 is 71.9. The number of nitrogens with two attached hydrogens (primary N) is 1. The summed E-state index contributed by atoms with van der Waals surface area (Å²) in [7, 11) is -4.98. The fourth-order valence-corrected chi connectivity index (χ4v) is 4.17. The quantitative estimate of drug-likeness (QED) is 0.832. The Morgan fingerprint density at radius 2 is 1.90 bits per heavy atom. The maximum absolute atomic E-state index is 12.8. The number of rotatable bonds is 5. The van der Waals surface area contributed by atoms with Crippen LogP contribution in [0.15, 0.2) is 18.2 Å². The number of halogens is 3. The Kier molecular flexibility index (Phi) is 5.20. The molecule has 1 aromatic rings. The van der Waals surface area contributed by atoms with E-state index >= 15 is 0 Å². The molecule has 0 radical (unpaired) electrons. The molecule has 0 aromatic heterocycles. The zero-order valence-corrected chi connectivity index (χ0v) is 12.2. The highest BCUT2D eigenvalue weighted by molar-refractivity contribution is 7.92. The third-order valence-corrected chi connectivity index (χ3v) is 4.93. The van der Waals surface area contributed by atoms with Gasteiger partial charge in [0, 0.05) is 34.2 Å². The lowest BCUT2D eigenvalue weighted by atomic mass is 10.1. The Morgan fingerprint density at radius 1 is 1.30 bits per heavy atom. The minimum absolute atomic E-state index is 0.0389. The van der Waals surface area contributed by atoms with Crippen molar-refractivity contribution in [3.63, 3.8) is 0 Å². The highest BCUT2D eigenvalue weighted by Crippen LogP contribution is 2.33. The molecule has 0 heterocycles. The number of hydrogen-bond donors (Lipinski definition) is 1. The highest BCUT2D eigenvalue weighted by atomic mass is 32.2. The lowest BCUT2D eigenvalue weighted by molar-refractivity contribution is -0.138. The van der Waals surface area contributed by atoms with Crippen molar-refractivity contribution in [2.75, 3.05) is 23.5 Å². The van der Waals surface area contributed by atoms with Crippen LogP contribution in [0.25, 0.3) is 0 Å². The zero-order chi connectivity index (χ0) is 15.6. The number of alkyl halides is 3. The van der Waals surface area contributed by atoms with Crippen LogP contribution in [-0.4, -0.2) is 30.4 Å². The monoisotopic (exact) mass is 329 g/mol. The summed E-state index contributed by atoms with van der Waals surface area (Å²) >= 11 is 0. The largest absolute Gasteiger partial charge is 0.416 e. The number of sulfone groups is 1. The number of nitrogen functional groups attached to an aromatic ring is 1. The van der Waals surface area contributed by atoms with Gasteiger partial charge in [-0.2, -0.15) is 13.2 Å². The lowest BCUT2D eigenvalue weighted by Gasteiger charge is -2.13. The molecule has 4 nitrogen and oxygen atoms in total. The van der Waals surface area contributed by atoms with Gasteiger partial charge in [-0.05, 0) is 17.7 Å². The van der Waals surface area contributed by atoms with Crippen LogP contribution in [0.5, 0.6) is 0 Å². The molecule has 1 unspecified atom stereocenters. The van der Waals surface area contributed by atoms with Crippen molar-refractivity contribution < 1.29 is 25.8 Å². The summed E-state index contributed by atoms with van der Waals surface area (Å²) in [5, 5.41) is 0. The van der Waals surface area contributed by atoms with Crippen molar-refractivity contribution in [1.29, 1.82) is 0 Å². The van der Waals surface area contributed by atoms with E-state index in [2.05, 4.69) is 0 Å². The van der Waals surface area contributed by atoms with Crippen molar-refractivity contribution in [1.82, 2.24) is 0 Å². The molecule has 0 aliphatic rings. The molecule has 0 aliphatic carbocycles. The number of benzene rings is 1. The van der Waals surface area contributed by atoms with E-state index in [1.807, 2.05) is 0 Å². The van der Waals surface area contributed by atoms with Crippen molar-refractivity contribution in [2.24, 2.45) is 0 Å². The molecule has 1 atom stereocenters. The fourth-order valence-electron chi connectivity index (χ4n) is 1.47. The zero-order valence-electron chi connectivity index (χ0n) is 10.6. The Balaban J connectivity index is 2.90. The van der Waals surface area contributed by atoms with Crippen LogP contribution < -0.4 is 5.73 Å². The molecule has 0 fully saturated rings. The summed E-state index contributed by atoms with van der Waals surface area (Å²) in [4.78, 5) is 0. The first-order chi connectivity index (χ1) is 8.99. The van der Waals surface area contributed by atoms with Gasteiger partial charge in [0.1, 0.15) is 9.84 Å². The predicted molar refractivity (Wildman–Crippen MR) is 72.3 cm³/mol. The fraction of sp³-hybridized carbons (Fsp3) is 0.455. The molecular formula is C11H14F3NO3S2. The second-order valence-electron chi connectivity index (χ2n) is 4.33. The van der Waals surface area contributed by atoms with Gasteiger partial charge in [-0.25, -0.2) is 8.42 Å². The van der Waals surface area contributed by atoms with E-state index in [4.69, 9.17) is 5.73 Å². The molecule has 20 heavy (non-hydrogen) atoms. The third-order valence-electron chi connectivity index (χ3n) is 2.44. The summed E-state index contributed by atoms with van der Waals surface area (Å²) in [5.41, 5.74) is 4.18. The molecule has 0 saturated heterocycles. The van der Waals surface area contributed by atoms with E-state index in [-0.39, 0.29) is 28.5 Å². The second-order valence-corrected chi connectivity index (χ2v) is 8.17. The van der Waals surface area contributed by atoms with Crippen LogP contribution in [-0.2, 0) is 32.6 Å². The molecule has 0 spiro atoms. The molecule has 1 rings (SSSR count). The topological polar surface area (TPSA) is 77.2 Å². The summed E-state index contributed by atoms with van der Waals surface area (Å²) in [6, 6.07) is 3.23. The average Bonchev–Trinajstić information content (AvgIpc) is 2.26. The van der Waals surface area contributed by atoms with Gasteiger partial charge in [0.25, 0.3) is 0 Å². The SMILES string of the molecule is CS(=O)(=O)CCS(=O)Cc1ccc(N)cc1C(F)(F)F. The van der Waals surface area contributed by atoms with E-state index < -0.39 is 32.4 Å². The Labute approximate surface area is 117 Å². The molecule has 2 N–H and O–H groups in total. The van der Waals surface area contributed by atoms with Gasteiger partial charge in [0.15, 0.2) is 0 Å². The molecule has 9 heteroatoms. The first kappa shape index (κ1) is 17.0. The number of hydrogen-bond acceptors (Lipinski definition) is 4. The van der Waals surface area contributed by atoms with E-state index in [9.17, 15) is 25.8 Å². The van der Waals surface area contributed by atoms with Gasteiger partial charge in [-0.15, -0.1) is 0 Å². The van der Waals surface area contributed by atoms with Gasteiger partial charge < -0.3 is 5.73 Å². The number of anilines is 1. The highest BCUT2D eigenvalue weighted by Gasteiger charge is 2.33. The lowest BCUT2D eigenvalue weighted by Crippen LogP contribution is -2.15. The van der Waals surface area contributed by atoms with E-state index in [1.54, 1.807) is 0 Å². The Hall–Kier alpha value is -1.09. The van der Waals surface area contributed by atoms with Crippen LogP contribution >= 0.6 is 0 Å². The Morgan fingerprint density at radius 3 is 2.40 bits per heavy atom. The van der Waals surface area contributed by atoms with Gasteiger partial charge in [-0.1, -0.05) is 6.07 Å². The van der Waals surface area contributed by atoms with Gasteiger partial charge in [0.2, 0.25) is 0 Å². The maximum Gasteiger partial charge on any atom is 0.416 e. The van der Waals surface area contributed by atoms with Crippen LogP contribution in [0, 0.1) is 0 Å². The minimum atomic E-state index is -4.59. The standard InChI is InChI=1S/C11H14F3NO3S2/c1-20(17,18)5-4-19(16)7-8-2-3-9(15)6-10(8)11(12,13)14/h2-3,6H,4-5,7,15H2,1H3. The molecular weight excluding hydrogens is 315 g/mol. The first-order valence-electron chi connectivity index (χ1n) is 5.47. The molecule has 0 saturated carbocycles. The molecule has 1 aromatic carbocycles. The van der Waals surface area contributed by atoms with Crippen molar-refractivity contribution >= 4 is 26.3 Å². The third kappa shape index (κ3) is 5.49. The van der Waals surface area contributed by atoms with E-state index in [1.165, 1.54) is 6.07 Å². The first-order valence-corrected chi connectivity index (χ1v) is 9.02. The van der Waals surface area contributed by atoms with Crippen molar-refractivity contribution in [3.05, 3.63) is 29.3 Å². The molecule has 114 valence electrons. The van der Waals surface area contributed by atoms with Gasteiger partial charge >= 0.3 is 6.18 Å². The molecule has 0 amide bonds.